The summed E-state index contributed by atoms with van der Waals surface area (Å²) in [7, 11) is -1.33. The van der Waals surface area contributed by atoms with E-state index in [0.29, 0.717) is 25.9 Å². The fourth-order valence-electron chi connectivity index (χ4n) is 3.63. The summed E-state index contributed by atoms with van der Waals surface area (Å²) in [5.74, 6) is 0.944. The zero-order valence-corrected chi connectivity index (χ0v) is 14.7. The number of hydrogen-bond donors (Lipinski definition) is 1. The summed E-state index contributed by atoms with van der Waals surface area (Å²) in [4.78, 5) is 14.5. The summed E-state index contributed by atoms with van der Waals surface area (Å²) in [6.45, 7) is 1.10. The summed E-state index contributed by atoms with van der Waals surface area (Å²) in [5.41, 5.74) is 7.35. The molecule has 3 rings (SSSR count). The van der Waals surface area contributed by atoms with Gasteiger partial charge in [-0.25, -0.2) is 8.42 Å². The van der Waals surface area contributed by atoms with E-state index in [0.717, 1.165) is 11.3 Å². The molecule has 2 aliphatic heterocycles. The van der Waals surface area contributed by atoms with E-state index < -0.39 is 9.84 Å². The molecule has 0 aliphatic carbocycles. The van der Waals surface area contributed by atoms with Crippen molar-refractivity contribution in [2.75, 3.05) is 31.7 Å². The Bertz CT molecular complexity index is 705. The molecule has 132 valence electrons. The van der Waals surface area contributed by atoms with Gasteiger partial charge in [-0.1, -0.05) is 12.1 Å². The van der Waals surface area contributed by atoms with Crippen molar-refractivity contribution in [2.24, 2.45) is 11.7 Å². The van der Waals surface area contributed by atoms with Crippen LogP contribution in [0.4, 0.5) is 0 Å². The molecule has 24 heavy (non-hydrogen) atoms. The van der Waals surface area contributed by atoms with Gasteiger partial charge >= 0.3 is 0 Å². The van der Waals surface area contributed by atoms with Crippen LogP contribution in [0.3, 0.4) is 0 Å². The smallest absolute Gasteiger partial charge is 0.225 e. The number of likely N-dealkylation sites (tertiary alicyclic amines) is 1. The number of carbonyl (C=O) groups is 1. The Morgan fingerprint density at radius 1 is 1.25 bits per heavy atom. The van der Waals surface area contributed by atoms with E-state index in [-0.39, 0.29) is 35.3 Å². The van der Waals surface area contributed by atoms with Crippen molar-refractivity contribution in [1.29, 1.82) is 0 Å². The van der Waals surface area contributed by atoms with Crippen LogP contribution in [0.15, 0.2) is 24.3 Å². The third kappa shape index (κ3) is 3.57. The van der Waals surface area contributed by atoms with Gasteiger partial charge in [0.25, 0.3) is 0 Å². The molecule has 0 saturated carbocycles. The Kier molecular flexibility index (Phi) is 4.83. The zero-order chi connectivity index (χ0) is 17.3. The highest BCUT2D eigenvalue weighted by Gasteiger charge is 2.38. The van der Waals surface area contributed by atoms with E-state index in [9.17, 15) is 13.2 Å². The molecule has 0 bridgehead atoms. The molecule has 2 fully saturated rings. The molecule has 0 unspecified atom stereocenters. The fraction of sp³-hybridized carbons (Fsp3) is 0.588. The van der Waals surface area contributed by atoms with Crippen molar-refractivity contribution in [3.8, 4) is 5.75 Å². The van der Waals surface area contributed by atoms with Crippen LogP contribution in [0.5, 0.6) is 5.75 Å². The minimum Gasteiger partial charge on any atom is -0.497 e. The second-order valence-corrected chi connectivity index (χ2v) is 9.02. The highest BCUT2D eigenvalue weighted by atomic mass is 32.2. The number of hydrogen-bond acceptors (Lipinski definition) is 5. The monoisotopic (exact) mass is 352 g/mol. The maximum atomic E-state index is 12.7. The molecule has 0 aromatic heterocycles. The summed E-state index contributed by atoms with van der Waals surface area (Å²) >= 11 is 0. The number of sulfone groups is 1. The highest BCUT2D eigenvalue weighted by molar-refractivity contribution is 7.91. The van der Waals surface area contributed by atoms with Crippen LogP contribution in [0, 0.1) is 5.92 Å². The van der Waals surface area contributed by atoms with E-state index in [2.05, 4.69) is 0 Å². The van der Waals surface area contributed by atoms with Gasteiger partial charge in [0.05, 0.1) is 18.6 Å². The summed E-state index contributed by atoms with van der Waals surface area (Å²) in [5, 5.41) is 0. The molecular formula is C17H24N2O4S. The topological polar surface area (TPSA) is 89.7 Å². The molecule has 2 N–H and O–H groups in total. The van der Waals surface area contributed by atoms with Crippen LogP contribution in [0.2, 0.25) is 0 Å². The normalized spacial score (nSPS) is 27.2. The Morgan fingerprint density at radius 3 is 2.62 bits per heavy atom. The SMILES string of the molecule is COc1cccc([C@H]2CN(C(=O)C3CCS(=O)(=O)CC3)C[C@@H]2N)c1. The van der Waals surface area contributed by atoms with Gasteiger partial charge in [-0.3, -0.25) is 4.79 Å². The van der Waals surface area contributed by atoms with Crippen LogP contribution in [-0.2, 0) is 14.6 Å². The van der Waals surface area contributed by atoms with Gasteiger partial charge in [-0.05, 0) is 30.5 Å². The third-order valence-corrected chi connectivity index (χ3v) is 6.82. The molecule has 1 aromatic rings. The molecule has 7 heteroatoms. The summed E-state index contributed by atoms with van der Waals surface area (Å²) in [6.07, 6.45) is 0.855. The molecule has 1 amide bonds. The summed E-state index contributed by atoms with van der Waals surface area (Å²) < 4.78 is 28.3. The first-order chi connectivity index (χ1) is 11.4. The Morgan fingerprint density at radius 2 is 1.96 bits per heavy atom. The standard InChI is InChI=1S/C17H24N2O4S/c1-23-14-4-2-3-13(9-14)15-10-19(11-16(15)18)17(20)12-5-7-24(21,22)8-6-12/h2-4,9,12,15-16H,5-8,10-11,18H2,1H3/t15-,16+/m1/s1. The van der Waals surface area contributed by atoms with Crippen LogP contribution < -0.4 is 10.5 Å². The molecule has 0 spiro atoms. The van der Waals surface area contributed by atoms with Crippen LogP contribution >= 0.6 is 0 Å². The average Bonchev–Trinajstić information content (AvgIpc) is 2.96. The zero-order valence-electron chi connectivity index (χ0n) is 13.8. The number of amides is 1. The van der Waals surface area contributed by atoms with E-state index in [1.807, 2.05) is 24.3 Å². The van der Waals surface area contributed by atoms with Crippen LogP contribution in [0.25, 0.3) is 0 Å². The number of methoxy groups -OCH3 is 1. The van der Waals surface area contributed by atoms with Crippen molar-refractivity contribution in [2.45, 2.75) is 24.8 Å². The van der Waals surface area contributed by atoms with Crippen molar-refractivity contribution in [1.82, 2.24) is 4.90 Å². The van der Waals surface area contributed by atoms with Crippen molar-refractivity contribution >= 4 is 15.7 Å². The highest BCUT2D eigenvalue weighted by Crippen LogP contribution is 2.31. The largest absolute Gasteiger partial charge is 0.497 e. The molecule has 2 saturated heterocycles. The Labute approximate surface area is 142 Å². The second kappa shape index (κ2) is 6.72. The minimum absolute atomic E-state index is 0.0470. The Hall–Kier alpha value is -1.60. The van der Waals surface area contributed by atoms with E-state index in [4.69, 9.17) is 10.5 Å². The lowest BCUT2D eigenvalue weighted by molar-refractivity contribution is -0.134. The van der Waals surface area contributed by atoms with Gasteiger partial charge in [0.15, 0.2) is 0 Å². The Balaban J connectivity index is 1.68. The third-order valence-electron chi connectivity index (χ3n) is 5.10. The molecule has 0 radical (unpaired) electrons. The number of nitrogens with two attached hydrogens (primary N) is 1. The molecule has 1 aromatic carbocycles. The lowest BCUT2D eigenvalue weighted by atomic mass is 9.95. The van der Waals surface area contributed by atoms with Crippen LogP contribution in [-0.4, -0.2) is 57.0 Å². The molecular weight excluding hydrogens is 328 g/mol. The maximum absolute atomic E-state index is 12.7. The summed E-state index contributed by atoms with van der Waals surface area (Å²) in [6, 6.07) is 7.67. The second-order valence-electron chi connectivity index (χ2n) is 6.72. The average molecular weight is 352 g/mol. The van der Waals surface area contributed by atoms with E-state index in [1.165, 1.54) is 0 Å². The van der Waals surface area contributed by atoms with Gasteiger partial charge in [0, 0.05) is 31.0 Å². The van der Waals surface area contributed by atoms with Gasteiger partial charge in [0.1, 0.15) is 15.6 Å². The number of benzene rings is 1. The fourth-order valence-corrected chi connectivity index (χ4v) is 5.12. The first-order valence-corrected chi connectivity index (χ1v) is 10.1. The van der Waals surface area contributed by atoms with Crippen molar-refractivity contribution in [3.05, 3.63) is 29.8 Å². The van der Waals surface area contributed by atoms with Crippen molar-refractivity contribution in [3.63, 3.8) is 0 Å². The number of carbonyl (C=O) groups excluding carboxylic acids is 1. The molecule has 2 heterocycles. The molecule has 6 nitrogen and oxygen atoms in total. The number of ether oxygens (including phenoxy) is 1. The lowest BCUT2D eigenvalue weighted by Crippen LogP contribution is -2.39. The van der Waals surface area contributed by atoms with Gasteiger partial charge in [-0.15, -0.1) is 0 Å². The number of rotatable bonds is 3. The van der Waals surface area contributed by atoms with E-state index >= 15 is 0 Å². The predicted octanol–water partition coefficient (Wildman–Crippen LogP) is 0.773. The predicted molar refractivity (Wildman–Crippen MR) is 91.7 cm³/mol. The number of nitrogens with zero attached hydrogens (tertiary/aromatic N) is 1. The van der Waals surface area contributed by atoms with Crippen molar-refractivity contribution < 1.29 is 17.9 Å². The lowest BCUT2D eigenvalue weighted by Gasteiger charge is -2.26. The first kappa shape index (κ1) is 17.2. The maximum Gasteiger partial charge on any atom is 0.225 e. The quantitative estimate of drug-likeness (QED) is 0.868. The van der Waals surface area contributed by atoms with Gasteiger partial charge in [0.2, 0.25) is 5.91 Å². The molecule has 2 aliphatic rings. The van der Waals surface area contributed by atoms with E-state index in [1.54, 1.807) is 12.0 Å². The van der Waals surface area contributed by atoms with Gasteiger partial charge in [-0.2, -0.15) is 0 Å². The first-order valence-electron chi connectivity index (χ1n) is 8.28. The van der Waals surface area contributed by atoms with Crippen LogP contribution in [0.1, 0.15) is 24.3 Å². The minimum atomic E-state index is -2.95. The molecule has 2 atom stereocenters. The van der Waals surface area contributed by atoms with Gasteiger partial charge < -0.3 is 15.4 Å².